The van der Waals surface area contributed by atoms with E-state index in [0.717, 1.165) is 22.6 Å². The molecule has 5 rings (SSSR count). The number of nitrogens with zero attached hydrogens (tertiary/aromatic N) is 1. The number of carbonyl (C=O) groups excluding carboxylic acids is 1. The van der Waals surface area contributed by atoms with Crippen molar-refractivity contribution in [2.45, 2.75) is 13.1 Å². The second-order valence-electron chi connectivity index (χ2n) is 8.43. The van der Waals surface area contributed by atoms with Crippen LogP contribution < -0.4 is 28.4 Å². The van der Waals surface area contributed by atoms with E-state index in [1.165, 1.54) is 0 Å². The van der Waals surface area contributed by atoms with Gasteiger partial charge in [-0.1, -0.05) is 12.1 Å². The molecule has 8 nitrogen and oxygen atoms in total. The summed E-state index contributed by atoms with van der Waals surface area (Å²) in [6.07, 6.45) is 1.68. The Balaban J connectivity index is 1.43. The molecule has 0 aromatic heterocycles. The van der Waals surface area contributed by atoms with Gasteiger partial charge in [-0.05, 0) is 53.6 Å². The highest BCUT2D eigenvalue weighted by Crippen LogP contribution is 2.43. The van der Waals surface area contributed by atoms with Gasteiger partial charge in [0.05, 0.1) is 39.6 Å². The molecular formula is C28H27NO7. The second-order valence-corrected chi connectivity index (χ2v) is 8.43. The lowest BCUT2D eigenvalue weighted by atomic mass is 10.0. The van der Waals surface area contributed by atoms with Gasteiger partial charge < -0.3 is 28.4 Å². The molecule has 0 atom stereocenters. The molecule has 0 saturated heterocycles. The maximum absolute atomic E-state index is 13.2. The number of benzene rings is 3. The normalized spacial score (nSPS) is 15.6. The van der Waals surface area contributed by atoms with Crippen LogP contribution >= 0.6 is 0 Å². The van der Waals surface area contributed by atoms with Crippen molar-refractivity contribution in [3.05, 3.63) is 76.5 Å². The SMILES string of the molecule is COc1cccc(CN2COc3ccc4c(c3C2)O/C(=C\c2cc(OC)c(OC)c(OC)c2)C4=O)c1. The third-order valence-electron chi connectivity index (χ3n) is 6.21. The fourth-order valence-electron chi connectivity index (χ4n) is 4.47. The number of rotatable bonds is 7. The smallest absolute Gasteiger partial charge is 0.231 e. The highest BCUT2D eigenvalue weighted by atomic mass is 16.5. The van der Waals surface area contributed by atoms with Gasteiger partial charge in [-0.15, -0.1) is 0 Å². The molecule has 0 bridgehead atoms. The van der Waals surface area contributed by atoms with Crippen LogP contribution in [-0.4, -0.2) is 45.9 Å². The Hall–Kier alpha value is -4.17. The van der Waals surface area contributed by atoms with Crippen LogP contribution in [0.1, 0.15) is 27.0 Å². The summed E-state index contributed by atoms with van der Waals surface area (Å²) < 4.78 is 33.7. The van der Waals surface area contributed by atoms with Gasteiger partial charge in [0.1, 0.15) is 24.0 Å². The summed E-state index contributed by atoms with van der Waals surface area (Å²) >= 11 is 0. The average Bonchev–Trinajstić information content (AvgIpc) is 3.23. The Morgan fingerprint density at radius 1 is 0.944 bits per heavy atom. The molecule has 8 heteroatoms. The van der Waals surface area contributed by atoms with Gasteiger partial charge >= 0.3 is 0 Å². The Bertz CT molecular complexity index is 1320. The third-order valence-corrected chi connectivity index (χ3v) is 6.21. The van der Waals surface area contributed by atoms with Gasteiger partial charge in [0.2, 0.25) is 11.5 Å². The first kappa shape index (κ1) is 23.6. The Morgan fingerprint density at radius 3 is 2.42 bits per heavy atom. The molecule has 0 aliphatic carbocycles. The van der Waals surface area contributed by atoms with E-state index >= 15 is 0 Å². The summed E-state index contributed by atoms with van der Waals surface area (Å²) in [5.74, 6) is 3.55. The van der Waals surface area contributed by atoms with Gasteiger partial charge in [0, 0.05) is 13.1 Å². The third kappa shape index (κ3) is 4.31. The molecule has 0 fully saturated rings. The molecule has 0 N–H and O–H groups in total. The van der Waals surface area contributed by atoms with Gasteiger partial charge in [0.15, 0.2) is 17.3 Å². The Kier molecular flexibility index (Phi) is 6.43. The zero-order valence-corrected chi connectivity index (χ0v) is 20.6. The first-order chi connectivity index (χ1) is 17.5. The first-order valence-electron chi connectivity index (χ1n) is 11.4. The van der Waals surface area contributed by atoms with Crippen molar-refractivity contribution >= 4 is 11.9 Å². The van der Waals surface area contributed by atoms with E-state index in [1.807, 2.05) is 30.3 Å². The van der Waals surface area contributed by atoms with Crippen LogP contribution in [0.15, 0.2) is 54.3 Å². The van der Waals surface area contributed by atoms with E-state index < -0.39 is 0 Å². The van der Waals surface area contributed by atoms with Crippen LogP contribution in [0, 0.1) is 0 Å². The molecule has 0 radical (unpaired) electrons. The molecule has 2 aliphatic rings. The minimum atomic E-state index is -0.188. The fourth-order valence-corrected chi connectivity index (χ4v) is 4.47. The zero-order chi connectivity index (χ0) is 25.2. The summed E-state index contributed by atoms with van der Waals surface area (Å²) in [5.41, 5.74) is 3.15. The molecular weight excluding hydrogens is 462 g/mol. The zero-order valence-electron chi connectivity index (χ0n) is 20.6. The summed E-state index contributed by atoms with van der Waals surface area (Å²) in [6.45, 7) is 1.69. The standard InChI is InChI=1S/C28H27NO7/c1-31-19-7-5-6-17(10-19)14-29-15-21-22(35-16-29)9-8-20-26(30)23(36-27(20)21)11-18-12-24(32-2)28(34-4)25(13-18)33-3/h5-13H,14-16H2,1-4H3/b23-11-. The number of methoxy groups -OCH3 is 4. The second kappa shape index (κ2) is 9.83. The quantitative estimate of drug-likeness (QED) is 0.443. The van der Waals surface area contributed by atoms with Crippen molar-refractivity contribution in [3.8, 4) is 34.5 Å². The predicted molar refractivity (Wildman–Crippen MR) is 133 cm³/mol. The number of fused-ring (bicyclic) bond motifs is 3. The molecule has 3 aromatic rings. The number of Topliss-reactive ketones (excluding diaryl/α,β-unsaturated/α-hetero) is 1. The molecule has 3 aromatic carbocycles. The highest BCUT2D eigenvalue weighted by molar-refractivity contribution is 6.15. The number of ether oxygens (including phenoxy) is 6. The summed E-state index contributed by atoms with van der Waals surface area (Å²) in [4.78, 5) is 15.4. The monoisotopic (exact) mass is 489 g/mol. The van der Waals surface area contributed by atoms with Crippen molar-refractivity contribution in [1.82, 2.24) is 4.90 Å². The van der Waals surface area contributed by atoms with E-state index in [-0.39, 0.29) is 11.5 Å². The van der Waals surface area contributed by atoms with Gasteiger partial charge in [0.25, 0.3) is 0 Å². The molecule has 36 heavy (non-hydrogen) atoms. The van der Waals surface area contributed by atoms with Crippen molar-refractivity contribution in [2.75, 3.05) is 35.2 Å². The van der Waals surface area contributed by atoms with Gasteiger partial charge in [-0.3, -0.25) is 9.69 Å². The highest BCUT2D eigenvalue weighted by Gasteiger charge is 2.33. The van der Waals surface area contributed by atoms with E-state index in [1.54, 1.807) is 52.7 Å². The minimum absolute atomic E-state index is 0.188. The largest absolute Gasteiger partial charge is 0.497 e. The number of allylic oxidation sites excluding steroid dienone is 1. The molecule has 0 unspecified atom stereocenters. The van der Waals surface area contributed by atoms with E-state index in [2.05, 4.69) is 4.90 Å². The van der Waals surface area contributed by atoms with E-state index in [0.29, 0.717) is 53.9 Å². The van der Waals surface area contributed by atoms with Gasteiger partial charge in [-0.2, -0.15) is 0 Å². The first-order valence-corrected chi connectivity index (χ1v) is 11.4. The van der Waals surface area contributed by atoms with Crippen LogP contribution in [0.4, 0.5) is 0 Å². The van der Waals surface area contributed by atoms with Crippen LogP contribution in [0.3, 0.4) is 0 Å². The number of ketones is 1. The molecule has 0 spiro atoms. The molecule has 186 valence electrons. The minimum Gasteiger partial charge on any atom is -0.497 e. The maximum Gasteiger partial charge on any atom is 0.231 e. The number of hydrogen-bond donors (Lipinski definition) is 0. The van der Waals surface area contributed by atoms with Gasteiger partial charge in [-0.25, -0.2) is 0 Å². The van der Waals surface area contributed by atoms with E-state index in [4.69, 9.17) is 28.4 Å². The van der Waals surface area contributed by atoms with Crippen LogP contribution in [-0.2, 0) is 13.1 Å². The lowest BCUT2D eigenvalue weighted by Gasteiger charge is -2.29. The summed E-state index contributed by atoms with van der Waals surface area (Å²) in [7, 11) is 6.29. The predicted octanol–water partition coefficient (Wildman–Crippen LogP) is 4.69. The topological polar surface area (TPSA) is 75.7 Å². The van der Waals surface area contributed by atoms with Crippen LogP contribution in [0.2, 0.25) is 0 Å². The summed E-state index contributed by atoms with van der Waals surface area (Å²) in [5, 5.41) is 0. The van der Waals surface area contributed by atoms with Crippen molar-refractivity contribution in [2.24, 2.45) is 0 Å². The van der Waals surface area contributed by atoms with Crippen LogP contribution in [0.25, 0.3) is 6.08 Å². The lowest BCUT2D eigenvalue weighted by molar-refractivity contribution is 0.0872. The van der Waals surface area contributed by atoms with E-state index in [9.17, 15) is 4.79 Å². The Labute approximate surface area is 209 Å². The number of hydrogen-bond acceptors (Lipinski definition) is 8. The maximum atomic E-state index is 13.2. The number of carbonyl (C=O) groups is 1. The van der Waals surface area contributed by atoms with Crippen molar-refractivity contribution < 1.29 is 33.2 Å². The lowest BCUT2D eigenvalue weighted by Crippen LogP contribution is -2.31. The molecule has 2 aliphatic heterocycles. The molecule has 2 heterocycles. The molecule has 0 amide bonds. The fraction of sp³-hybridized carbons (Fsp3) is 0.250. The summed E-state index contributed by atoms with van der Waals surface area (Å²) in [6, 6.07) is 15.1. The van der Waals surface area contributed by atoms with Crippen LogP contribution in [0.5, 0.6) is 34.5 Å². The molecule has 0 saturated carbocycles. The Morgan fingerprint density at radius 2 is 1.72 bits per heavy atom. The van der Waals surface area contributed by atoms with Crippen molar-refractivity contribution in [1.29, 1.82) is 0 Å². The average molecular weight is 490 g/mol. The van der Waals surface area contributed by atoms with Crippen molar-refractivity contribution in [3.63, 3.8) is 0 Å².